The summed E-state index contributed by atoms with van der Waals surface area (Å²) in [5.74, 6) is 0.626. The van der Waals surface area contributed by atoms with E-state index < -0.39 is 10.2 Å². The molecule has 0 aromatic heterocycles. The standard InChI is InChI=1S/C15H31N3O2S/c1-5-15(2,3)17(4)21(19,20)18-10-8-13(9-11-18)12-16-14-6-7-14/h13-14,16H,5-12H2,1-4H3. The van der Waals surface area contributed by atoms with Crippen LogP contribution in [0, 0.1) is 5.92 Å². The van der Waals surface area contributed by atoms with E-state index >= 15 is 0 Å². The lowest BCUT2D eigenvalue weighted by Crippen LogP contribution is -2.53. The first-order valence-electron chi connectivity index (χ1n) is 8.25. The van der Waals surface area contributed by atoms with Gasteiger partial charge >= 0.3 is 0 Å². The highest BCUT2D eigenvalue weighted by molar-refractivity contribution is 7.86. The Hall–Kier alpha value is -0.170. The zero-order chi connectivity index (χ0) is 15.7. The second kappa shape index (κ2) is 6.52. The van der Waals surface area contributed by atoms with Crippen molar-refractivity contribution in [2.24, 2.45) is 5.92 Å². The number of hydrogen-bond acceptors (Lipinski definition) is 3. The van der Waals surface area contributed by atoms with Crippen LogP contribution < -0.4 is 5.32 Å². The van der Waals surface area contributed by atoms with Gasteiger partial charge in [-0.25, -0.2) is 0 Å². The van der Waals surface area contributed by atoms with Gasteiger partial charge in [-0.2, -0.15) is 17.0 Å². The minimum atomic E-state index is -3.33. The van der Waals surface area contributed by atoms with E-state index in [2.05, 4.69) is 5.32 Å². The highest BCUT2D eigenvalue weighted by Gasteiger charge is 2.37. The Labute approximate surface area is 130 Å². The second-order valence-corrected chi connectivity index (χ2v) is 9.13. The van der Waals surface area contributed by atoms with Crippen molar-refractivity contribution in [1.29, 1.82) is 0 Å². The monoisotopic (exact) mass is 317 g/mol. The molecule has 1 aliphatic carbocycles. The molecule has 2 fully saturated rings. The minimum absolute atomic E-state index is 0.330. The maximum Gasteiger partial charge on any atom is 0.282 e. The molecule has 0 aromatic rings. The molecule has 0 atom stereocenters. The molecule has 0 unspecified atom stereocenters. The first-order chi connectivity index (χ1) is 9.77. The zero-order valence-corrected chi connectivity index (χ0v) is 14.7. The predicted octanol–water partition coefficient (Wildman–Crippen LogP) is 1.82. The Morgan fingerprint density at radius 2 is 1.76 bits per heavy atom. The second-order valence-electron chi connectivity index (χ2n) is 7.17. The van der Waals surface area contributed by atoms with Crippen LogP contribution in [0.25, 0.3) is 0 Å². The third-order valence-electron chi connectivity index (χ3n) is 5.24. The first kappa shape index (κ1) is 17.2. The van der Waals surface area contributed by atoms with Gasteiger partial charge in [-0.3, -0.25) is 0 Å². The molecular formula is C15H31N3O2S. The fraction of sp³-hybridized carbons (Fsp3) is 1.00. The SMILES string of the molecule is CCC(C)(C)N(C)S(=O)(=O)N1CCC(CNC2CC2)CC1. The quantitative estimate of drug-likeness (QED) is 0.779. The van der Waals surface area contributed by atoms with Crippen molar-refractivity contribution < 1.29 is 8.42 Å². The van der Waals surface area contributed by atoms with E-state index in [1.165, 1.54) is 12.8 Å². The van der Waals surface area contributed by atoms with Gasteiger partial charge in [-0.05, 0) is 58.4 Å². The fourth-order valence-electron chi connectivity index (χ4n) is 2.67. The molecule has 2 aliphatic rings. The van der Waals surface area contributed by atoms with Crippen molar-refractivity contribution in [3.05, 3.63) is 0 Å². The number of nitrogens with zero attached hydrogens (tertiary/aromatic N) is 2. The Bertz CT molecular complexity index is 438. The van der Waals surface area contributed by atoms with E-state index in [1.54, 1.807) is 15.7 Å². The van der Waals surface area contributed by atoms with E-state index in [4.69, 9.17) is 0 Å². The van der Waals surface area contributed by atoms with Crippen LogP contribution in [0.2, 0.25) is 0 Å². The summed E-state index contributed by atoms with van der Waals surface area (Å²) in [6, 6.07) is 0.739. The van der Waals surface area contributed by atoms with E-state index in [0.717, 1.165) is 31.8 Å². The Morgan fingerprint density at radius 3 is 2.24 bits per heavy atom. The van der Waals surface area contributed by atoms with Crippen LogP contribution in [0.5, 0.6) is 0 Å². The van der Waals surface area contributed by atoms with Gasteiger partial charge in [0.1, 0.15) is 0 Å². The molecule has 0 aromatic carbocycles. The molecule has 21 heavy (non-hydrogen) atoms. The Balaban J connectivity index is 1.87. The third kappa shape index (κ3) is 4.18. The van der Waals surface area contributed by atoms with Crippen LogP contribution in [0.15, 0.2) is 0 Å². The van der Waals surface area contributed by atoms with Gasteiger partial charge in [0.25, 0.3) is 10.2 Å². The number of rotatable bonds is 7. The maximum atomic E-state index is 12.7. The lowest BCUT2D eigenvalue weighted by atomic mass is 9.98. The number of hydrogen-bond donors (Lipinski definition) is 1. The van der Waals surface area contributed by atoms with Crippen LogP contribution in [0.1, 0.15) is 52.9 Å². The van der Waals surface area contributed by atoms with Crippen LogP contribution in [0.4, 0.5) is 0 Å². The number of piperidine rings is 1. The topological polar surface area (TPSA) is 52.7 Å². The van der Waals surface area contributed by atoms with Crippen molar-refractivity contribution in [3.8, 4) is 0 Å². The summed E-state index contributed by atoms with van der Waals surface area (Å²) in [5.41, 5.74) is -0.330. The molecule has 6 heteroatoms. The lowest BCUT2D eigenvalue weighted by Gasteiger charge is -2.39. The van der Waals surface area contributed by atoms with E-state index in [1.807, 2.05) is 20.8 Å². The van der Waals surface area contributed by atoms with Gasteiger partial charge in [0, 0.05) is 31.7 Å². The van der Waals surface area contributed by atoms with Gasteiger partial charge in [0.2, 0.25) is 0 Å². The van der Waals surface area contributed by atoms with Crippen molar-refractivity contribution in [3.63, 3.8) is 0 Å². The van der Waals surface area contributed by atoms with Crippen molar-refractivity contribution in [2.45, 2.75) is 64.5 Å². The molecule has 0 spiro atoms. The zero-order valence-electron chi connectivity index (χ0n) is 13.9. The highest BCUT2D eigenvalue weighted by Crippen LogP contribution is 2.27. The Morgan fingerprint density at radius 1 is 1.19 bits per heavy atom. The molecule has 5 nitrogen and oxygen atoms in total. The summed E-state index contributed by atoms with van der Waals surface area (Å²) >= 11 is 0. The third-order valence-corrected chi connectivity index (χ3v) is 7.44. The molecular weight excluding hydrogens is 286 g/mol. The van der Waals surface area contributed by atoms with Crippen LogP contribution in [0.3, 0.4) is 0 Å². The summed E-state index contributed by atoms with van der Waals surface area (Å²) in [5, 5.41) is 3.56. The van der Waals surface area contributed by atoms with Crippen molar-refractivity contribution >= 4 is 10.2 Å². The molecule has 1 heterocycles. The molecule has 0 amide bonds. The molecule has 1 saturated heterocycles. The van der Waals surface area contributed by atoms with Crippen LogP contribution in [-0.2, 0) is 10.2 Å². The minimum Gasteiger partial charge on any atom is -0.314 e. The molecule has 0 radical (unpaired) electrons. The average Bonchev–Trinajstić information content (AvgIpc) is 3.29. The summed E-state index contributed by atoms with van der Waals surface area (Å²) < 4.78 is 28.6. The highest BCUT2D eigenvalue weighted by atomic mass is 32.2. The van der Waals surface area contributed by atoms with Crippen molar-refractivity contribution in [2.75, 3.05) is 26.7 Å². The Kier molecular flexibility index (Phi) is 5.34. The molecule has 124 valence electrons. The summed E-state index contributed by atoms with van der Waals surface area (Å²) in [7, 11) is -1.62. The van der Waals surface area contributed by atoms with Gasteiger partial charge in [-0.1, -0.05) is 6.92 Å². The van der Waals surface area contributed by atoms with E-state index in [9.17, 15) is 8.42 Å². The van der Waals surface area contributed by atoms with Crippen LogP contribution >= 0.6 is 0 Å². The molecule has 0 bridgehead atoms. The van der Waals surface area contributed by atoms with Crippen molar-refractivity contribution in [1.82, 2.24) is 13.9 Å². The van der Waals surface area contributed by atoms with Gasteiger partial charge in [0.05, 0.1) is 0 Å². The smallest absolute Gasteiger partial charge is 0.282 e. The number of nitrogens with one attached hydrogen (secondary N) is 1. The largest absolute Gasteiger partial charge is 0.314 e. The molecule has 1 aliphatic heterocycles. The molecule has 1 N–H and O–H groups in total. The predicted molar refractivity (Wildman–Crippen MR) is 86.4 cm³/mol. The summed E-state index contributed by atoms with van der Waals surface area (Å²) in [6.07, 6.45) is 5.37. The van der Waals surface area contributed by atoms with Gasteiger partial charge in [0.15, 0.2) is 0 Å². The molecule has 1 saturated carbocycles. The maximum absolute atomic E-state index is 12.7. The van der Waals surface area contributed by atoms with Crippen LogP contribution in [-0.4, -0.2) is 55.3 Å². The van der Waals surface area contributed by atoms with E-state index in [-0.39, 0.29) is 5.54 Å². The summed E-state index contributed by atoms with van der Waals surface area (Å²) in [6.45, 7) is 8.36. The fourth-order valence-corrected chi connectivity index (χ4v) is 4.45. The molecule has 2 rings (SSSR count). The first-order valence-corrected chi connectivity index (χ1v) is 9.64. The van der Waals surface area contributed by atoms with E-state index in [0.29, 0.717) is 19.0 Å². The average molecular weight is 317 g/mol. The van der Waals surface area contributed by atoms with Gasteiger partial charge < -0.3 is 5.32 Å². The van der Waals surface area contributed by atoms with Gasteiger partial charge in [-0.15, -0.1) is 0 Å². The summed E-state index contributed by atoms with van der Waals surface area (Å²) in [4.78, 5) is 0. The normalized spacial score (nSPS) is 22.9. The lowest BCUT2D eigenvalue weighted by molar-refractivity contribution is 0.211.